The molecule has 0 aliphatic carbocycles. The molecule has 3 amide bonds. The monoisotopic (exact) mass is 1240 g/mol. The molecule has 0 radical (unpaired) electrons. The number of imidazole rings is 2. The molecule has 2 aliphatic heterocycles. The Balaban J connectivity index is 0.000000188. The van der Waals surface area contributed by atoms with Crippen LogP contribution >= 0.6 is 0 Å². The van der Waals surface area contributed by atoms with Crippen LogP contribution in [0.4, 0.5) is 43.4 Å². The summed E-state index contributed by atoms with van der Waals surface area (Å²) in [6.45, 7) is 10.1. The van der Waals surface area contributed by atoms with Crippen molar-refractivity contribution in [3.05, 3.63) is 227 Å². The SMILES string of the molecule is Cc1cn(-c2cc(CN3CCCC[C@H]3C(=O)O)cc(NC(=O)c3ccc(C)c(Nc4nccc(-c5ccc(F)cc5)n4)c3)c2)cn1.Cc1cn(-c2cc(CN3CCCC[C@H]3C(N)=O)cc(NC(=O)c3ccc(C)c(Nc4nccc(-c5ccc(F)cc5)n4)c3)c2)cn1. The number of anilines is 6. The van der Waals surface area contributed by atoms with Crippen molar-refractivity contribution in [3.8, 4) is 33.9 Å². The topological polar surface area (TPSA) is 256 Å². The van der Waals surface area contributed by atoms with Gasteiger partial charge in [-0.1, -0.05) is 25.0 Å². The highest BCUT2D eigenvalue weighted by molar-refractivity contribution is 6.06. The van der Waals surface area contributed by atoms with Crippen LogP contribution in [0.25, 0.3) is 33.9 Å². The minimum atomic E-state index is -0.814. The highest BCUT2D eigenvalue weighted by atomic mass is 19.1. The summed E-state index contributed by atoms with van der Waals surface area (Å²) in [5.74, 6) is -1.68. The second-order valence-corrected chi connectivity index (χ2v) is 23.1. The van der Waals surface area contributed by atoms with Crippen molar-refractivity contribution >= 4 is 58.3 Å². The lowest BCUT2D eigenvalue weighted by Crippen LogP contribution is -2.47. The highest BCUT2D eigenvalue weighted by Crippen LogP contribution is 2.30. The first kappa shape index (κ1) is 62.8. The average molecular weight is 1240 g/mol. The zero-order valence-electron chi connectivity index (χ0n) is 51.3. The third-order valence-corrected chi connectivity index (χ3v) is 16.2. The van der Waals surface area contributed by atoms with Gasteiger partial charge in [-0.3, -0.25) is 29.0 Å². The second-order valence-electron chi connectivity index (χ2n) is 23.1. The number of aliphatic carboxylic acids is 1. The molecule has 0 spiro atoms. The lowest BCUT2D eigenvalue weighted by Gasteiger charge is -2.33. The van der Waals surface area contributed by atoms with E-state index in [1.54, 1.807) is 85.7 Å². The fourth-order valence-corrected chi connectivity index (χ4v) is 11.4. The normalized spacial score (nSPS) is 15.0. The van der Waals surface area contributed by atoms with Gasteiger partial charge in [-0.25, -0.2) is 38.7 Å². The maximum atomic E-state index is 13.6. The summed E-state index contributed by atoms with van der Waals surface area (Å²) in [4.78, 5) is 81.9. The summed E-state index contributed by atoms with van der Waals surface area (Å²) in [5, 5.41) is 22.3. The summed E-state index contributed by atoms with van der Waals surface area (Å²) < 4.78 is 30.6. The van der Waals surface area contributed by atoms with E-state index in [4.69, 9.17) is 5.73 Å². The van der Waals surface area contributed by atoms with E-state index in [2.05, 4.69) is 56.1 Å². The molecule has 2 fully saturated rings. The van der Waals surface area contributed by atoms with Crippen molar-refractivity contribution < 1.29 is 33.1 Å². The van der Waals surface area contributed by atoms with Gasteiger partial charge in [0.15, 0.2) is 0 Å². The van der Waals surface area contributed by atoms with Gasteiger partial charge in [0, 0.05) is 94.3 Å². The number of nitrogens with zero attached hydrogens (tertiary/aromatic N) is 10. The number of likely N-dealkylation sites (tertiary alicyclic amines) is 2. The average Bonchev–Trinajstić information content (AvgIpc) is 1.62. The number of nitrogens with one attached hydrogen (secondary N) is 4. The molecule has 4 aromatic heterocycles. The Hall–Kier alpha value is -10.8. The molecule has 468 valence electrons. The smallest absolute Gasteiger partial charge is 0.320 e. The van der Waals surface area contributed by atoms with E-state index in [0.29, 0.717) is 83.2 Å². The van der Waals surface area contributed by atoms with Gasteiger partial charge < -0.3 is 41.2 Å². The molecule has 7 N–H and O–H groups in total. The summed E-state index contributed by atoms with van der Waals surface area (Å²) in [5.41, 5.74) is 18.9. The van der Waals surface area contributed by atoms with Gasteiger partial charge in [0.1, 0.15) is 17.7 Å². The van der Waals surface area contributed by atoms with Crippen molar-refractivity contribution in [2.45, 2.75) is 91.4 Å². The lowest BCUT2D eigenvalue weighted by atomic mass is 10.0. The first-order chi connectivity index (χ1) is 44.4. The van der Waals surface area contributed by atoms with Crippen LogP contribution in [0.5, 0.6) is 0 Å². The molecule has 2 atom stereocenters. The van der Waals surface area contributed by atoms with Crippen LogP contribution in [0.1, 0.15) is 92.9 Å². The molecule has 2 saturated heterocycles. The Morgan fingerprint density at radius 1 is 0.533 bits per heavy atom. The number of halogens is 2. The van der Waals surface area contributed by atoms with Crippen LogP contribution in [-0.4, -0.2) is 103 Å². The molecule has 0 saturated carbocycles. The quantitative estimate of drug-likeness (QED) is 0.0467. The van der Waals surface area contributed by atoms with E-state index in [1.165, 1.54) is 24.3 Å². The molecular weight excluding hydrogens is 1170 g/mol. The molecule has 0 bridgehead atoms. The van der Waals surface area contributed by atoms with Gasteiger partial charge in [-0.2, -0.15) is 0 Å². The van der Waals surface area contributed by atoms with Gasteiger partial charge in [0.2, 0.25) is 17.8 Å². The van der Waals surface area contributed by atoms with Crippen LogP contribution in [-0.2, 0) is 22.7 Å². The van der Waals surface area contributed by atoms with Gasteiger partial charge in [-0.05, 0) is 210 Å². The molecule has 92 heavy (non-hydrogen) atoms. The maximum absolute atomic E-state index is 13.6. The number of piperidine rings is 2. The third-order valence-electron chi connectivity index (χ3n) is 16.2. The first-order valence-corrected chi connectivity index (χ1v) is 30.3. The molecule has 0 unspecified atom stereocenters. The lowest BCUT2D eigenvalue weighted by molar-refractivity contribution is -0.144. The highest BCUT2D eigenvalue weighted by Gasteiger charge is 2.30. The number of carbonyl (C=O) groups is 4. The number of aryl methyl sites for hydroxylation is 4. The predicted molar refractivity (Wildman–Crippen MR) is 349 cm³/mol. The number of hydrogen-bond donors (Lipinski definition) is 6. The Labute approximate surface area is 530 Å². The number of carbonyl (C=O) groups excluding carboxylic acids is 3. The standard InChI is InChI=1S/C35H35FN8O2.C35H34FN7O3/c1-22-6-7-26(17-31(22)42-35-38-13-12-30(41-35)25-8-10-27(36)11-9-25)34(46)40-28-15-24(16-29(18-28)44-19-23(2)39-21-44)20-43-14-4-3-5-32(43)33(37)45;1-22-6-7-26(17-31(22)41-35-37-13-12-30(40-35)25-8-10-27(36)11-9-25)33(44)39-28-15-24(16-29(18-28)43-19-23(2)38-21-43)20-42-14-4-3-5-32(42)34(45)46/h6-13,15-19,21,32H,3-5,14,20H2,1-2H3,(H2,37,45)(H,40,46)(H,38,41,42);6-13,15-19,21,32H,3-5,14,20H2,1-2H3,(H,39,44)(H,45,46)(H,37,40,41)/t2*32-/m00/s1. The Morgan fingerprint density at radius 2 is 0.967 bits per heavy atom. The number of primary amides is 1. The maximum Gasteiger partial charge on any atom is 0.320 e. The predicted octanol–water partition coefficient (Wildman–Crippen LogP) is 12.4. The number of amides is 3. The van der Waals surface area contributed by atoms with Gasteiger partial charge in [-0.15, -0.1) is 0 Å². The van der Waals surface area contributed by atoms with Crippen LogP contribution in [0.15, 0.2) is 171 Å². The van der Waals surface area contributed by atoms with Crippen molar-refractivity contribution in [2.75, 3.05) is 34.4 Å². The molecule has 6 heterocycles. The van der Waals surface area contributed by atoms with Crippen LogP contribution in [0, 0.1) is 39.3 Å². The summed E-state index contributed by atoms with van der Waals surface area (Å²) in [6, 6.07) is 37.2. The fourth-order valence-electron chi connectivity index (χ4n) is 11.4. The van der Waals surface area contributed by atoms with E-state index < -0.39 is 12.0 Å². The summed E-state index contributed by atoms with van der Waals surface area (Å²) in [6.07, 6.45) is 15.7. The number of carboxylic acid groups (broad SMARTS) is 1. The Bertz CT molecular complexity index is 4050. The van der Waals surface area contributed by atoms with Gasteiger partial charge >= 0.3 is 5.97 Å². The van der Waals surface area contributed by atoms with Gasteiger partial charge in [0.25, 0.3) is 11.8 Å². The van der Waals surface area contributed by atoms with E-state index >= 15 is 0 Å². The van der Waals surface area contributed by atoms with Gasteiger partial charge in [0.05, 0.1) is 41.5 Å². The zero-order chi connectivity index (χ0) is 64.4. The minimum absolute atomic E-state index is 0.290. The third kappa shape index (κ3) is 15.8. The molecule has 10 aromatic rings. The fraction of sp³-hybridized carbons (Fsp3) is 0.229. The van der Waals surface area contributed by atoms with Crippen LogP contribution in [0.3, 0.4) is 0 Å². The molecule has 6 aromatic carbocycles. The first-order valence-electron chi connectivity index (χ1n) is 30.3. The van der Waals surface area contributed by atoms with Crippen LogP contribution < -0.4 is 27.0 Å². The van der Waals surface area contributed by atoms with Crippen molar-refractivity contribution in [1.82, 2.24) is 48.8 Å². The minimum Gasteiger partial charge on any atom is -0.480 e. The number of carboxylic acids is 1. The van der Waals surface area contributed by atoms with Crippen molar-refractivity contribution in [1.29, 1.82) is 0 Å². The summed E-state index contributed by atoms with van der Waals surface area (Å²) >= 11 is 0. The molecule has 2 aliphatic rings. The van der Waals surface area contributed by atoms with E-state index in [9.17, 15) is 33.1 Å². The largest absolute Gasteiger partial charge is 0.480 e. The Kier molecular flexibility index (Phi) is 19.3. The van der Waals surface area contributed by atoms with Crippen molar-refractivity contribution in [3.63, 3.8) is 0 Å². The number of rotatable bonds is 18. The number of nitrogens with two attached hydrogens (primary N) is 1. The Morgan fingerprint density at radius 3 is 1.38 bits per heavy atom. The van der Waals surface area contributed by atoms with Crippen LogP contribution in [0.2, 0.25) is 0 Å². The van der Waals surface area contributed by atoms with E-state index in [-0.39, 0.29) is 35.4 Å². The van der Waals surface area contributed by atoms with Crippen molar-refractivity contribution in [2.24, 2.45) is 5.73 Å². The van der Waals surface area contributed by atoms with E-state index in [1.807, 2.05) is 103 Å². The second kappa shape index (κ2) is 28.3. The number of benzene rings is 6. The number of aromatic nitrogens is 8. The molecule has 22 heteroatoms. The number of hydrogen-bond acceptors (Lipinski definition) is 14. The molecule has 20 nitrogen and oxygen atoms in total. The molecule has 12 rings (SSSR count). The summed E-state index contributed by atoms with van der Waals surface area (Å²) in [7, 11) is 0. The zero-order valence-corrected chi connectivity index (χ0v) is 51.3. The van der Waals surface area contributed by atoms with E-state index in [0.717, 1.165) is 94.8 Å². The molecular formula is C70H69F2N15O5.